The third-order valence-electron chi connectivity index (χ3n) is 6.39. The van der Waals surface area contributed by atoms with E-state index in [2.05, 4.69) is 16.4 Å². The Hall–Kier alpha value is -3.49. The third kappa shape index (κ3) is 5.13. The number of nitrogens with zero attached hydrogens (tertiary/aromatic N) is 4. The molecular weight excluding hydrogens is 422 g/mol. The quantitative estimate of drug-likeness (QED) is 0.632. The largest absolute Gasteiger partial charge is 0.481 e. The number of pyridine rings is 2. The number of carboxylic acid groups (broad SMARTS) is 1. The van der Waals surface area contributed by atoms with Crippen LogP contribution < -0.4 is 5.32 Å². The van der Waals surface area contributed by atoms with Gasteiger partial charge in [0.05, 0.1) is 6.54 Å². The average molecular weight is 452 g/mol. The SMILES string of the molecule is CC(=O)N(C[C@@H](C(=O)O)c1cccnc1)N1CCC(CCc2ccc3c(n2)NCCC3)C1=O. The van der Waals surface area contributed by atoms with Crippen molar-refractivity contribution in [2.24, 2.45) is 5.92 Å². The number of aryl methyl sites for hydroxylation is 2. The second kappa shape index (κ2) is 9.97. The molecule has 174 valence electrons. The lowest BCUT2D eigenvalue weighted by atomic mass is 9.99. The highest BCUT2D eigenvalue weighted by Gasteiger charge is 2.38. The Bertz CT molecular complexity index is 1030. The lowest BCUT2D eigenvalue weighted by Crippen LogP contribution is -2.49. The van der Waals surface area contributed by atoms with Gasteiger partial charge in [-0.15, -0.1) is 0 Å². The monoisotopic (exact) mass is 451 g/mol. The Morgan fingerprint density at radius 3 is 2.91 bits per heavy atom. The van der Waals surface area contributed by atoms with Crippen molar-refractivity contribution < 1.29 is 19.5 Å². The minimum absolute atomic E-state index is 0.118. The van der Waals surface area contributed by atoms with Crippen molar-refractivity contribution in [1.82, 2.24) is 20.0 Å². The molecule has 2 atom stereocenters. The smallest absolute Gasteiger partial charge is 0.312 e. The zero-order chi connectivity index (χ0) is 23.4. The van der Waals surface area contributed by atoms with Crippen LogP contribution in [0.25, 0.3) is 0 Å². The van der Waals surface area contributed by atoms with Crippen LogP contribution in [0.4, 0.5) is 5.82 Å². The van der Waals surface area contributed by atoms with E-state index in [0.29, 0.717) is 31.4 Å². The summed E-state index contributed by atoms with van der Waals surface area (Å²) in [6.07, 6.45) is 7.11. The molecule has 2 aromatic rings. The molecule has 1 fully saturated rings. The first kappa shape index (κ1) is 22.7. The van der Waals surface area contributed by atoms with E-state index >= 15 is 0 Å². The summed E-state index contributed by atoms with van der Waals surface area (Å²) in [4.78, 5) is 46.1. The lowest BCUT2D eigenvalue weighted by molar-refractivity contribution is -0.162. The second-order valence-corrected chi connectivity index (χ2v) is 8.60. The summed E-state index contributed by atoms with van der Waals surface area (Å²) in [5.41, 5.74) is 2.67. The average Bonchev–Trinajstić information content (AvgIpc) is 3.18. The van der Waals surface area contributed by atoms with Crippen molar-refractivity contribution in [3.8, 4) is 0 Å². The first-order valence-corrected chi connectivity index (χ1v) is 11.4. The highest BCUT2D eigenvalue weighted by molar-refractivity contribution is 5.85. The van der Waals surface area contributed by atoms with E-state index in [1.165, 1.54) is 28.7 Å². The molecule has 2 N–H and O–H groups in total. The van der Waals surface area contributed by atoms with Crippen LogP contribution in [0.1, 0.15) is 48.9 Å². The summed E-state index contributed by atoms with van der Waals surface area (Å²) < 4.78 is 0. The Labute approximate surface area is 192 Å². The molecule has 9 nitrogen and oxygen atoms in total. The van der Waals surface area contributed by atoms with E-state index in [0.717, 1.165) is 30.9 Å². The first-order valence-electron chi connectivity index (χ1n) is 11.4. The van der Waals surface area contributed by atoms with Crippen LogP contribution in [0.2, 0.25) is 0 Å². The molecule has 4 heterocycles. The molecule has 33 heavy (non-hydrogen) atoms. The molecule has 1 unspecified atom stereocenters. The predicted molar refractivity (Wildman–Crippen MR) is 121 cm³/mol. The number of amides is 2. The van der Waals surface area contributed by atoms with Gasteiger partial charge in [-0.1, -0.05) is 12.1 Å². The van der Waals surface area contributed by atoms with E-state index < -0.39 is 11.9 Å². The molecule has 0 aliphatic carbocycles. The number of aromatic nitrogens is 2. The maximum Gasteiger partial charge on any atom is 0.312 e. The van der Waals surface area contributed by atoms with Gasteiger partial charge in [0, 0.05) is 44.0 Å². The number of hydrogen-bond donors (Lipinski definition) is 2. The lowest BCUT2D eigenvalue weighted by Gasteiger charge is -2.33. The van der Waals surface area contributed by atoms with E-state index in [1.54, 1.807) is 18.3 Å². The molecule has 9 heteroatoms. The van der Waals surface area contributed by atoms with Crippen LogP contribution in [-0.2, 0) is 27.2 Å². The summed E-state index contributed by atoms with van der Waals surface area (Å²) >= 11 is 0. The molecule has 0 radical (unpaired) electrons. The number of nitrogens with one attached hydrogen (secondary N) is 1. The molecule has 0 bridgehead atoms. The predicted octanol–water partition coefficient (Wildman–Crippen LogP) is 2.25. The summed E-state index contributed by atoms with van der Waals surface area (Å²) in [5.74, 6) is -1.82. The van der Waals surface area contributed by atoms with Crippen molar-refractivity contribution in [1.29, 1.82) is 0 Å². The van der Waals surface area contributed by atoms with Gasteiger partial charge in [-0.2, -0.15) is 0 Å². The molecule has 2 aromatic heterocycles. The Morgan fingerprint density at radius 1 is 1.33 bits per heavy atom. The normalized spacial score (nSPS) is 18.4. The van der Waals surface area contributed by atoms with E-state index in [9.17, 15) is 19.5 Å². The number of anilines is 1. The molecule has 0 saturated carbocycles. The molecule has 1 saturated heterocycles. The topological polar surface area (TPSA) is 116 Å². The summed E-state index contributed by atoms with van der Waals surface area (Å²) in [6.45, 7) is 2.55. The Kier molecular flexibility index (Phi) is 6.86. The zero-order valence-corrected chi connectivity index (χ0v) is 18.7. The number of hydrazine groups is 1. The van der Waals surface area contributed by atoms with E-state index in [-0.39, 0.29) is 24.3 Å². The van der Waals surface area contributed by atoms with Gasteiger partial charge in [-0.05, 0) is 55.4 Å². The first-order chi connectivity index (χ1) is 15.9. The van der Waals surface area contributed by atoms with Crippen molar-refractivity contribution in [2.45, 2.75) is 44.9 Å². The Balaban J connectivity index is 1.41. The van der Waals surface area contributed by atoms with Crippen LogP contribution in [0, 0.1) is 5.92 Å². The van der Waals surface area contributed by atoms with Crippen LogP contribution in [0.3, 0.4) is 0 Å². The zero-order valence-electron chi connectivity index (χ0n) is 18.7. The Morgan fingerprint density at radius 2 is 2.18 bits per heavy atom. The summed E-state index contributed by atoms with van der Waals surface area (Å²) in [5, 5.41) is 15.8. The fourth-order valence-electron chi connectivity index (χ4n) is 4.54. The van der Waals surface area contributed by atoms with Crippen molar-refractivity contribution in [3.05, 3.63) is 53.5 Å². The van der Waals surface area contributed by atoms with Gasteiger partial charge in [-0.3, -0.25) is 29.4 Å². The van der Waals surface area contributed by atoms with Gasteiger partial charge in [0.25, 0.3) is 0 Å². The van der Waals surface area contributed by atoms with Crippen molar-refractivity contribution >= 4 is 23.6 Å². The number of hydrogen-bond acceptors (Lipinski definition) is 6. The molecule has 0 aromatic carbocycles. The third-order valence-corrected chi connectivity index (χ3v) is 6.39. The highest BCUT2D eigenvalue weighted by Crippen LogP contribution is 2.27. The molecule has 0 spiro atoms. The number of carbonyl (C=O) groups is 3. The van der Waals surface area contributed by atoms with Gasteiger partial charge in [0.15, 0.2) is 0 Å². The van der Waals surface area contributed by atoms with Gasteiger partial charge in [0.1, 0.15) is 11.7 Å². The molecule has 2 aliphatic rings. The number of rotatable bonds is 8. The van der Waals surface area contributed by atoms with Gasteiger partial charge in [0.2, 0.25) is 11.8 Å². The maximum atomic E-state index is 13.1. The van der Waals surface area contributed by atoms with E-state index in [1.807, 2.05) is 6.07 Å². The van der Waals surface area contributed by atoms with Gasteiger partial charge < -0.3 is 10.4 Å². The molecule has 2 amide bonds. The van der Waals surface area contributed by atoms with Gasteiger partial charge >= 0.3 is 5.97 Å². The highest BCUT2D eigenvalue weighted by atomic mass is 16.4. The van der Waals surface area contributed by atoms with Gasteiger partial charge in [-0.25, -0.2) is 4.98 Å². The number of aliphatic carboxylic acids is 1. The molecule has 2 aliphatic heterocycles. The number of fused-ring (bicyclic) bond motifs is 1. The van der Waals surface area contributed by atoms with Crippen LogP contribution in [-0.4, -0.2) is 62.5 Å². The minimum atomic E-state index is -1.07. The fourth-order valence-corrected chi connectivity index (χ4v) is 4.54. The number of carbonyl (C=O) groups excluding carboxylic acids is 2. The standard InChI is InChI=1S/C24H29N5O4/c1-16(30)29(15-21(24(32)33)19-5-2-11-25-14-19)28-13-10-18(23(28)31)7-9-20-8-6-17-4-3-12-26-22(17)27-20/h2,5-6,8,11,14,18,21H,3-4,7,9-10,12-13,15H2,1H3,(H,26,27)(H,32,33)/t18?,21-/m1/s1. The summed E-state index contributed by atoms with van der Waals surface area (Å²) in [6, 6.07) is 7.45. The minimum Gasteiger partial charge on any atom is -0.481 e. The van der Waals surface area contributed by atoms with E-state index in [4.69, 9.17) is 4.98 Å². The van der Waals surface area contributed by atoms with Crippen molar-refractivity contribution in [2.75, 3.05) is 25.0 Å². The molecular formula is C24H29N5O4. The maximum absolute atomic E-state index is 13.1. The van der Waals surface area contributed by atoms with Crippen LogP contribution in [0.5, 0.6) is 0 Å². The second-order valence-electron chi connectivity index (χ2n) is 8.60. The number of carboxylic acids is 1. The fraction of sp³-hybridized carbons (Fsp3) is 0.458. The van der Waals surface area contributed by atoms with Crippen molar-refractivity contribution in [3.63, 3.8) is 0 Å². The molecule has 4 rings (SSSR count). The van der Waals surface area contributed by atoms with Crippen LogP contribution in [0.15, 0.2) is 36.7 Å². The summed E-state index contributed by atoms with van der Waals surface area (Å²) in [7, 11) is 0. The van der Waals surface area contributed by atoms with Crippen LogP contribution >= 0.6 is 0 Å².